The summed E-state index contributed by atoms with van der Waals surface area (Å²) in [6.07, 6.45) is 5.14. The highest BCUT2D eigenvalue weighted by Gasteiger charge is 2.49. The predicted molar refractivity (Wildman–Crippen MR) is 84.5 cm³/mol. The van der Waals surface area contributed by atoms with Gasteiger partial charge < -0.3 is 56.0 Å². The standard InChI is InChI=1S/C5H10N2O7P2.C4H5N3O.3H2O/c8-5(15(9,10)11,16(12,13)14)3-7-2-1-6-4-7;5-3-1-2-6-4(8)7-3;;;/h1-2,4,8H,3H2,(H4,9,10,11,12,13,14);1-2H,(H3,5,6,7,8);3*1H2. The number of nitrogens with zero attached hydrogens (tertiary/aromatic N) is 1. The molecule has 0 amide bonds. The van der Waals surface area contributed by atoms with Crippen molar-refractivity contribution in [3.63, 3.8) is 0 Å². The lowest BCUT2D eigenvalue weighted by Gasteiger charge is -2.40. The van der Waals surface area contributed by atoms with Crippen molar-refractivity contribution in [2.75, 3.05) is 5.73 Å². The molecule has 0 aliphatic carbocycles. The molecule has 16 nitrogen and oxygen atoms in total. The molecular weight excluding hydrogens is 416 g/mol. The summed E-state index contributed by atoms with van der Waals surface area (Å²) in [5, 5.41) is 5.72. The van der Waals surface area contributed by atoms with Crippen molar-refractivity contribution in [1.82, 2.24) is 9.97 Å². The number of nitrogen functional groups attached to an aromatic ring is 1. The Kier molecular flexibility index (Phi) is 12.1. The summed E-state index contributed by atoms with van der Waals surface area (Å²) in [7, 11) is -11.4. The molecule has 0 radical (unpaired) electrons. The Morgan fingerprint density at radius 1 is 1.22 bits per heavy atom. The first-order chi connectivity index (χ1) is 10.9. The van der Waals surface area contributed by atoms with E-state index < -0.39 is 26.8 Å². The topological polar surface area (TPSA) is 328 Å². The number of imidazole rings is 1. The number of hydrogen-bond donors (Lipinski definition) is 6. The van der Waals surface area contributed by atoms with E-state index in [1.54, 1.807) is 6.07 Å². The second kappa shape index (κ2) is 11.0. The van der Waals surface area contributed by atoms with Crippen LogP contribution in [0, 0.1) is 0 Å². The lowest BCUT2D eigenvalue weighted by molar-refractivity contribution is -0.703. The van der Waals surface area contributed by atoms with Crippen LogP contribution in [-0.4, -0.2) is 46.4 Å². The van der Waals surface area contributed by atoms with Crippen LogP contribution in [0.5, 0.6) is 0 Å². The monoisotopic (exact) mass is 437 g/mol. The van der Waals surface area contributed by atoms with Gasteiger partial charge in [0.1, 0.15) is 18.9 Å². The lowest BCUT2D eigenvalue weighted by Crippen LogP contribution is -2.50. The fourth-order valence-electron chi connectivity index (χ4n) is 1.42. The molecule has 27 heavy (non-hydrogen) atoms. The van der Waals surface area contributed by atoms with Crippen LogP contribution in [0.3, 0.4) is 0 Å². The number of hydrogen-bond acceptors (Lipinski definition) is 7. The molecule has 0 saturated heterocycles. The van der Waals surface area contributed by atoms with Crippen molar-refractivity contribution in [2.45, 2.75) is 11.6 Å². The third-order valence-corrected chi connectivity index (χ3v) is 6.25. The molecule has 158 valence electrons. The number of aromatic amines is 3. The fraction of sp³-hybridized carbons (Fsp3) is 0.222. The van der Waals surface area contributed by atoms with Gasteiger partial charge in [-0.25, -0.2) is 9.55 Å². The zero-order valence-corrected chi connectivity index (χ0v) is 15.2. The largest absolute Gasteiger partial charge is 0.776 e. The third-order valence-electron chi connectivity index (χ3n) is 2.64. The van der Waals surface area contributed by atoms with Crippen molar-refractivity contribution in [1.29, 1.82) is 0 Å². The number of aromatic nitrogens is 4. The highest BCUT2D eigenvalue weighted by molar-refractivity contribution is 7.70. The molecule has 0 aliphatic rings. The molecule has 0 aromatic carbocycles. The predicted octanol–water partition coefficient (Wildman–Crippen LogP) is -6.66. The summed E-state index contributed by atoms with van der Waals surface area (Å²) >= 11 is 0. The highest BCUT2D eigenvalue weighted by atomic mass is 31.2. The Hall–Kier alpha value is -1.97. The summed E-state index contributed by atoms with van der Waals surface area (Å²) in [6.45, 7) is -1.05. The Bertz CT molecular complexity index is 792. The summed E-state index contributed by atoms with van der Waals surface area (Å²) < 4.78 is 22.5. The van der Waals surface area contributed by atoms with Gasteiger partial charge in [0.05, 0.1) is 6.20 Å². The normalized spacial score (nSPS) is 16.3. The molecular formula is C9H21N5O11P2. The molecule has 2 atom stereocenters. The highest BCUT2D eigenvalue weighted by Crippen LogP contribution is 2.63. The maximum atomic E-state index is 10.8. The Balaban J connectivity index is -0.000000450. The minimum Gasteiger partial charge on any atom is -0.776 e. The molecule has 2 unspecified atom stereocenters. The quantitative estimate of drug-likeness (QED) is 0.195. The van der Waals surface area contributed by atoms with Gasteiger partial charge in [-0.05, 0) is 0 Å². The van der Waals surface area contributed by atoms with E-state index in [-0.39, 0.29) is 22.1 Å². The van der Waals surface area contributed by atoms with Gasteiger partial charge in [-0.2, -0.15) is 9.78 Å². The van der Waals surface area contributed by atoms with Gasteiger partial charge in [-0.3, -0.25) is 4.98 Å². The van der Waals surface area contributed by atoms with Crippen LogP contribution in [0.1, 0.15) is 0 Å². The van der Waals surface area contributed by atoms with Crippen LogP contribution in [0.4, 0.5) is 5.82 Å². The molecule has 0 fully saturated rings. The first-order valence-electron chi connectivity index (χ1n) is 6.05. The second-order valence-corrected chi connectivity index (χ2v) is 8.40. The van der Waals surface area contributed by atoms with Crippen molar-refractivity contribution >= 4 is 21.0 Å². The van der Waals surface area contributed by atoms with Gasteiger partial charge in [-0.15, -0.1) is 0 Å². The van der Waals surface area contributed by atoms with E-state index in [2.05, 4.69) is 15.0 Å². The molecule has 14 N–H and O–H groups in total. The van der Waals surface area contributed by atoms with Gasteiger partial charge in [0.25, 0.3) is 0 Å². The Labute approximate surface area is 150 Å². The van der Waals surface area contributed by atoms with Crippen LogP contribution in [0.2, 0.25) is 0 Å². The molecule has 18 heteroatoms. The number of rotatable bonds is 4. The van der Waals surface area contributed by atoms with E-state index in [4.69, 9.17) is 15.5 Å². The summed E-state index contributed by atoms with van der Waals surface area (Å²) in [6, 6.07) is 1.57. The molecule has 2 aromatic rings. The average Bonchev–Trinajstić information content (AvgIpc) is 2.89. The maximum Gasteiger partial charge on any atom is 0.495 e. The van der Waals surface area contributed by atoms with E-state index in [1.165, 1.54) is 18.6 Å². The van der Waals surface area contributed by atoms with Gasteiger partial charge >= 0.3 is 5.69 Å². The van der Waals surface area contributed by atoms with E-state index in [0.717, 1.165) is 10.9 Å². The molecule has 2 aromatic heterocycles. The van der Waals surface area contributed by atoms with Gasteiger partial charge in [0.2, 0.25) is 11.4 Å². The molecule has 0 aliphatic heterocycles. The first kappa shape index (κ1) is 29.8. The average molecular weight is 437 g/mol. The van der Waals surface area contributed by atoms with Crippen molar-refractivity contribution in [3.05, 3.63) is 41.5 Å². The van der Waals surface area contributed by atoms with Crippen molar-refractivity contribution in [2.24, 2.45) is 0 Å². The minimum atomic E-state index is -5.71. The zero-order valence-electron chi connectivity index (χ0n) is 13.4. The summed E-state index contributed by atoms with van der Waals surface area (Å²) in [5.41, 5.74) is 4.90. The molecule has 0 bridgehead atoms. The molecule has 0 spiro atoms. The van der Waals surface area contributed by atoms with E-state index >= 15 is 0 Å². The molecule has 0 saturated carbocycles. The van der Waals surface area contributed by atoms with Crippen LogP contribution < -0.4 is 30.8 Å². The van der Waals surface area contributed by atoms with Gasteiger partial charge in [0.15, 0.2) is 21.0 Å². The van der Waals surface area contributed by atoms with Crippen LogP contribution in [-0.2, 0) is 15.7 Å². The number of anilines is 1. The van der Waals surface area contributed by atoms with Crippen LogP contribution in [0.25, 0.3) is 0 Å². The summed E-state index contributed by atoms with van der Waals surface area (Å²) in [4.78, 5) is 56.4. The number of aliphatic hydroxyl groups is 1. The summed E-state index contributed by atoms with van der Waals surface area (Å²) in [5.74, 6) is 0.369. The SMILES string of the molecule is Nc1cc[nH+]c(=O)[nH]1.O.O.O.O=P([O-])(O)C(O)(C[n+]1cc[nH]c1)P(=O)([O-])O. The van der Waals surface area contributed by atoms with Crippen molar-refractivity contribution < 1.29 is 59.8 Å². The van der Waals surface area contributed by atoms with E-state index in [0.29, 0.717) is 5.82 Å². The zero-order chi connectivity index (χ0) is 18.6. The smallest absolute Gasteiger partial charge is 0.495 e. The van der Waals surface area contributed by atoms with E-state index in [9.17, 15) is 28.8 Å². The van der Waals surface area contributed by atoms with Crippen LogP contribution in [0.15, 0.2) is 35.8 Å². The molecule has 2 heterocycles. The lowest BCUT2D eigenvalue weighted by atomic mass is 10.6. The van der Waals surface area contributed by atoms with Crippen LogP contribution >= 0.6 is 15.2 Å². The number of H-pyrrole nitrogens is 3. The van der Waals surface area contributed by atoms with E-state index in [1.807, 2.05) is 0 Å². The Morgan fingerprint density at radius 2 is 1.74 bits per heavy atom. The Morgan fingerprint density at radius 3 is 2.04 bits per heavy atom. The van der Waals surface area contributed by atoms with Gasteiger partial charge in [0, 0.05) is 6.07 Å². The van der Waals surface area contributed by atoms with Gasteiger partial charge in [-0.1, -0.05) is 0 Å². The maximum absolute atomic E-state index is 10.8. The molecule has 2 rings (SSSR count). The first-order valence-corrected chi connectivity index (χ1v) is 9.21. The second-order valence-electron chi connectivity index (χ2n) is 4.49. The van der Waals surface area contributed by atoms with Crippen molar-refractivity contribution in [3.8, 4) is 0 Å². The number of nitrogens with two attached hydrogens (primary N) is 1. The third kappa shape index (κ3) is 8.06. The number of nitrogens with one attached hydrogen (secondary N) is 3. The fourth-order valence-corrected chi connectivity index (χ4v) is 3.38. The minimum absolute atomic E-state index is 0.